The van der Waals surface area contributed by atoms with Crippen molar-refractivity contribution in [2.24, 2.45) is 23.7 Å². The van der Waals surface area contributed by atoms with Crippen LogP contribution in [0.3, 0.4) is 0 Å². The Morgan fingerprint density at radius 2 is 1.73 bits per heavy atom. The Balaban J connectivity index is 1.65. The second-order valence-electron chi connectivity index (χ2n) is 16.1. The fourth-order valence-corrected chi connectivity index (χ4v) is 7.86. The molecule has 0 bridgehead atoms. The van der Waals surface area contributed by atoms with Crippen molar-refractivity contribution in [1.29, 1.82) is 0 Å². The van der Waals surface area contributed by atoms with Gasteiger partial charge in [0, 0.05) is 24.3 Å². The van der Waals surface area contributed by atoms with Crippen LogP contribution in [-0.4, -0.2) is 140 Å². The molecule has 14 heteroatoms. The van der Waals surface area contributed by atoms with Crippen molar-refractivity contribution in [3.63, 3.8) is 0 Å². The number of hydrogen-bond donors (Lipinski definition) is 4. The molecular formula is C42H65N5O9. The minimum atomic E-state index is -1.25. The van der Waals surface area contributed by atoms with Crippen molar-refractivity contribution in [2.45, 2.75) is 122 Å². The number of nitrogens with zero attached hydrogens (tertiary/aromatic N) is 5. The van der Waals surface area contributed by atoms with E-state index in [0.717, 1.165) is 16.8 Å². The average Bonchev–Trinajstić information content (AvgIpc) is 3.60. The van der Waals surface area contributed by atoms with E-state index >= 15 is 0 Å². The fraction of sp³-hybridized carbons (Fsp3) is 0.667. The molecule has 12 atom stereocenters. The molecule has 1 aromatic carbocycles. The van der Waals surface area contributed by atoms with Crippen LogP contribution in [0.1, 0.15) is 71.6 Å². The minimum Gasteiger partial charge on any atom is -0.462 e. The molecule has 1 fully saturated rings. The summed E-state index contributed by atoms with van der Waals surface area (Å²) in [6.45, 7) is 10.5. The van der Waals surface area contributed by atoms with E-state index in [1.165, 1.54) is 0 Å². The molecular weight excluding hydrogens is 718 g/mol. The van der Waals surface area contributed by atoms with Crippen LogP contribution in [0.4, 0.5) is 0 Å². The smallest absolute Gasteiger partial charge is 0.308 e. The molecule has 14 nitrogen and oxygen atoms in total. The lowest BCUT2D eigenvalue weighted by Gasteiger charge is -2.46. The molecule has 0 amide bonds. The highest BCUT2D eigenvalue weighted by molar-refractivity contribution is 5.91. The van der Waals surface area contributed by atoms with E-state index in [-0.39, 0.29) is 24.7 Å². The average molecular weight is 784 g/mol. The van der Waals surface area contributed by atoms with Crippen LogP contribution >= 0.6 is 0 Å². The summed E-state index contributed by atoms with van der Waals surface area (Å²) in [5, 5.41) is 53.0. The second-order valence-corrected chi connectivity index (χ2v) is 16.1. The monoisotopic (exact) mass is 783 g/mol. The van der Waals surface area contributed by atoms with Gasteiger partial charge < -0.3 is 44.4 Å². The van der Waals surface area contributed by atoms with E-state index in [1.54, 1.807) is 55.8 Å². The number of carbonyl (C=O) groups is 2. The van der Waals surface area contributed by atoms with Crippen molar-refractivity contribution in [1.82, 2.24) is 24.8 Å². The number of allylic oxidation sites excluding steroid dienone is 3. The van der Waals surface area contributed by atoms with Crippen molar-refractivity contribution < 1.29 is 44.2 Å². The highest BCUT2D eigenvalue weighted by atomic mass is 16.7. The fourth-order valence-electron chi connectivity index (χ4n) is 7.86. The molecule has 2 aliphatic heterocycles. The summed E-state index contributed by atoms with van der Waals surface area (Å²) < 4.78 is 20.4. The van der Waals surface area contributed by atoms with Crippen molar-refractivity contribution in [3.8, 4) is 0 Å². The molecule has 312 valence electrons. The molecule has 2 unspecified atom stereocenters. The number of hydrogen-bond acceptors (Lipinski definition) is 13. The molecule has 3 heterocycles. The van der Waals surface area contributed by atoms with Gasteiger partial charge in [-0.1, -0.05) is 74.0 Å². The third kappa shape index (κ3) is 12.6. The van der Waals surface area contributed by atoms with Gasteiger partial charge in [-0.2, -0.15) is 0 Å². The van der Waals surface area contributed by atoms with Gasteiger partial charge in [-0.3, -0.25) is 9.59 Å². The van der Waals surface area contributed by atoms with Gasteiger partial charge in [0.1, 0.15) is 12.2 Å². The van der Waals surface area contributed by atoms with E-state index in [9.17, 15) is 30.0 Å². The van der Waals surface area contributed by atoms with Crippen LogP contribution < -0.4 is 0 Å². The van der Waals surface area contributed by atoms with Crippen LogP contribution in [0.25, 0.3) is 0 Å². The SMILES string of the molecule is CC[C@H]1OC(=O)C[C@@H](O)[C@H](C)[C@@H](O[C@@H]2O[C@H](C)[C@@H](O)C(N(C)C)C2O)[C@@H](CCN(C)Cc2cn(Cc3ccccc3)nn2)C[C@@H](C)C(=O)/C=C/C(C)=C/[C@@H]1CO. The lowest BCUT2D eigenvalue weighted by atomic mass is 9.79. The number of likely N-dealkylation sites (N-methyl/N-ethyl adjacent to an activating group) is 1. The molecule has 2 aromatic rings. The van der Waals surface area contributed by atoms with Crippen LogP contribution in [0.5, 0.6) is 0 Å². The third-order valence-corrected chi connectivity index (χ3v) is 11.3. The zero-order chi connectivity index (χ0) is 41.1. The maximum absolute atomic E-state index is 13.7. The first kappa shape index (κ1) is 45.4. The number of aliphatic hydroxyl groups is 4. The molecule has 0 aliphatic carbocycles. The van der Waals surface area contributed by atoms with E-state index < -0.39 is 72.7 Å². The maximum Gasteiger partial charge on any atom is 0.308 e. The van der Waals surface area contributed by atoms with E-state index in [2.05, 4.69) is 15.2 Å². The lowest BCUT2D eigenvalue weighted by Crippen LogP contribution is -2.63. The first-order valence-electron chi connectivity index (χ1n) is 19.9. The summed E-state index contributed by atoms with van der Waals surface area (Å²) in [6.07, 6.45) is 1.24. The molecule has 0 spiro atoms. The van der Waals surface area contributed by atoms with Crippen molar-refractivity contribution in [3.05, 3.63) is 71.6 Å². The summed E-state index contributed by atoms with van der Waals surface area (Å²) in [5.74, 6) is -2.70. The number of ketones is 1. The molecule has 1 aromatic heterocycles. The van der Waals surface area contributed by atoms with Crippen LogP contribution in [0.2, 0.25) is 0 Å². The largest absolute Gasteiger partial charge is 0.462 e. The van der Waals surface area contributed by atoms with E-state index in [0.29, 0.717) is 38.9 Å². The molecule has 0 radical (unpaired) electrons. The number of carbonyl (C=O) groups excluding carboxylic acids is 2. The summed E-state index contributed by atoms with van der Waals surface area (Å²) in [6, 6.07) is 9.33. The van der Waals surface area contributed by atoms with Crippen LogP contribution in [0, 0.1) is 23.7 Å². The van der Waals surface area contributed by atoms with Crippen molar-refractivity contribution >= 4 is 11.8 Å². The molecule has 4 rings (SSSR count). The number of esters is 1. The van der Waals surface area contributed by atoms with Crippen molar-refractivity contribution in [2.75, 3.05) is 34.3 Å². The summed E-state index contributed by atoms with van der Waals surface area (Å²) in [5.41, 5.74) is 2.66. The topological polar surface area (TPSA) is 180 Å². The first-order valence-corrected chi connectivity index (χ1v) is 19.9. The standard InChI is InChI=1S/C42H65N5O9/c1-9-36-32(25-48)19-26(2)15-16-34(49)27(3)20-31(17-18-46(8)23-33-24-47(44-43-33)22-30-13-11-10-12-14-30)41(28(4)35(50)21-37(51)55-36)56-42-40(53)38(45(6)7)39(52)29(5)54-42/h10-16,19,24,27-29,31-32,35-36,38-42,48,50,52-53H,9,17-18,20-23,25H2,1-8H3/b16-15+,26-19+/t27-,28+,29-,31+,32-,35-,36-,38?,39-,40?,41-,42+/m1/s1. The Morgan fingerprint density at radius 3 is 2.39 bits per heavy atom. The molecule has 56 heavy (non-hydrogen) atoms. The number of aromatic nitrogens is 3. The number of benzene rings is 1. The number of aliphatic hydroxyl groups excluding tert-OH is 4. The second kappa shape index (κ2) is 21.4. The maximum atomic E-state index is 13.7. The van der Waals surface area contributed by atoms with Gasteiger partial charge in [0.05, 0.1) is 61.9 Å². The molecule has 1 saturated heterocycles. The normalized spacial score (nSPS) is 34.3. The molecule has 4 N–H and O–H groups in total. The summed E-state index contributed by atoms with van der Waals surface area (Å²) >= 11 is 0. The number of rotatable bonds is 12. The van der Waals surface area contributed by atoms with Gasteiger partial charge in [0.25, 0.3) is 0 Å². The Labute approximate surface area is 332 Å². The minimum absolute atomic E-state index is 0.0948. The number of ether oxygens (including phenoxy) is 3. The Kier molecular flexibility index (Phi) is 17.4. The van der Waals surface area contributed by atoms with Gasteiger partial charge >= 0.3 is 5.97 Å². The predicted octanol–water partition coefficient (Wildman–Crippen LogP) is 2.98. The van der Waals surface area contributed by atoms with Crippen LogP contribution in [0.15, 0.2) is 60.3 Å². The zero-order valence-corrected chi connectivity index (χ0v) is 34.3. The lowest BCUT2D eigenvalue weighted by molar-refractivity contribution is -0.304. The Morgan fingerprint density at radius 1 is 1.02 bits per heavy atom. The van der Waals surface area contributed by atoms with Gasteiger partial charge in [0.2, 0.25) is 0 Å². The first-order chi connectivity index (χ1) is 26.6. The van der Waals surface area contributed by atoms with E-state index in [1.807, 2.05) is 64.3 Å². The van der Waals surface area contributed by atoms with Gasteiger partial charge in [-0.25, -0.2) is 4.68 Å². The van der Waals surface area contributed by atoms with Gasteiger partial charge in [0.15, 0.2) is 12.1 Å². The summed E-state index contributed by atoms with van der Waals surface area (Å²) in [4.78, 5) is 30.9. The third-order valence-electron chi connectivity index (χ3n) is 11.3. The Bertz CT molecular complexity index is 1580. The molecule has 0 saturated carbocycles. The highest BCUT2D eigenvalue weighted by Gasteiger charge is 2.47. The van der Waals surface area contributed by atoms with Crippen LogP contribution in [-0.2, 0) is 36.9 Å². The molecule has 2 aliphatic rings. The van der Waals surface area contributed by atoms with E-state index in [4.69, 9.17) is 14.2 Å². The quantitative estimate of drug-likeness (QED) is 0.231. The highest BCUT2D eigenvalue weighted by Crippen LogP contribution is 2.35. The zero-order valence-electron chi connectivity index (χ0n) is 34.3. The Hall–Kier alpha value is -3.34. The summed E-state index contributed by atoms with van der Waals surface area (Å²) in [7, 11) is 5.50. The van der Waals surface area contributed by atoms with Gasteiger partial charge in [-0.15, -0.1) is 5.10 Å². The van der Waals surface area contributed by atoms with Gasteiger partial charge in [-0.05, 0) is 78.4 Å². The predicted molar refractivity (Wildman–Crippen MR) is 211 cm³/mol. The number of cyclic esters (lactones) is 1.